The van der Waals surface area contributed by atoms with Crippen LogP contribution in [-0.4, -0.2) is 4.57 Å². The van der Waals surface area contributed by atoms with E-state index in [0.717, 1.165) is 12.3 Å². The molecule has 0 bridgehead atoms. The Bertz CT molecular complexity index is 256. The molecule has 1 heteroatoms. The molecular formula is C11H17N. The summed E-state index contributed by atoms with van der Waals surface area (Å²) in [6, 6.07) is 4.19. The van der Waals surface area contributed by atoms with E-state index in [4.69, 9.17) is 0 Å². The summed E-state index contributed by atoms with van der Waals surface area (Å²) in [5, 5.41) is 0. The zero-order valence-electron chi connectivity index (χ0n) is 8.12. The Labute approximate surface area is 74.7 Å². The van der Waals surface area contributed by atoms with E-state index in [1.807, 2.05) is 0 Å². The number of allylic oxidation sites excluding steroid dienone is 1. The van der Waals surface area contributed by atoms with Gasteiger partial charge in [0.05, 0.1) is 0 Å². The molecule has 1 aromatic heterocycles. The molecular weight excluding hydrogens is 146 g/mol. The molecule has 0 atom stereocenters. The average Bonchev–Trinajstić information content (AvgIpc) is 2.36. The molecule has 0 saturated heterocycles. The Kier molecular flexibility index (Phi) is 3.15. The maximum Gasteiger partial charge on any atom is 0.0400 e. The van der Waals surface area contributed by atoms with Gasteiger partial charge in [-0.3, -0.25) is 0 Å². The highest BCUT2D eigenvalue weighted by molar-refractivity contribution is 5.45. The molecule has 1 rings (SSSR count). The summed E-state index contributed by atoms with van der Waals surface area (Å²) >= 11 is 0. The molecule has 0 unspecified atom stereocenters. The molecule has 1 heterocycles. The number of aromatic nitrogens is 1. The van der Waals surface area contributed by atoms with Crippen LogP contribution >= 0.6 is 0 Å². The fraction of sp³-hybridized carbons (Fsp3) is 0.455. The summed E-state index contributed by atoms with van der Waals surface area (Å²) < 4.78 is 2.12. The molecule has 0 aliphatic rings. The van der Waals surface area contributed by atoms with Crippen LogP contribution in [0.2, 0.25) is 0 Å². The highest BCUT2D eigenvalue weighted by Crippen LogP contribution is 2.06. The van der Waals surface area contributed by atoms with Crippen LogP contribution in [0.5, 0.6) is 0 Å². The lowest BCUT2D eigenvalue weighted by Crippen LogP contribution is -1.87. The van der Waals surface area contributed by atoms with Crippen LogP contribution in [0.1, 0.15) is 26.0 Å². The van der Waals surface area contributed by atoms with Crippen molar-refractivity contribution in [1.82, 2.24) is 4.57 Å². The van der Waals surface area contributed by atoms with Gasteiger partial charge in [0.1, 0.15) is 0 Å². The SMILES string of the molecule is CC(C)C/C=C/c1cccn1C. The topological polar surface area (TPSA) is 4.93 Å². The van der Waals surface area contributed by atoms with Crippen LogP contribution in [0, 0.1) is 5.92 Å². The number of hydrogen-bond acceptors (Lipinski definition) is 0. The van der Waals surface area contributed by atoms with E-state index in [1.54, 1.807) is 0 Å². The van der Waals surface area contributed by atoms with Crippen LogP contribution < -0.4 is 0 Å². The standard InChI is InChI=1S/C11H17N/c1-10(2)6-4-7-11-8-5-9-12(11)3/h4-5,7-10H,6H2,1-3H3/b7-4+. The molecule has 0 fully saturated rings. The van der Waals surface area contributed by atoms with Gasteiger partial charge in [0, 0.05) is 18.9 Å². The second kappa shape index (κ2) is 4.15. The fourth-order valence-corrected chi connectivity index (χ4v) is 1.11. The van der Waals surface area contributed by atoms with Crippen LogP contribution in [-0.2, 0) is 7.05 Å². The van der Waals surface area contributed by atoms with Crippen molar-refractivity contribution in [2.45, 2.75) is 20.3 Å². The molecule has 0 spiro atoms. The molecule has 0 aromatic carbocycles. The summed E-state index contributed by atoms with van der Waals surface area (Å²) in [6.45, 7) is 4.46. The number of nitrogens with zero attached hydrogens (tertiary/aromatic N) is 1. The summed E-state index contributed by atoms with van der Waals surface area (Å²) in [5.41, 5.74) is 1.27. The fourth-order valence-electron chi connectivity index (χ4n) is 1.11. The first-order chi connectivity index (χ1) is 5.70. The van der Waals surface area contributed by atoms with Crippen molar-refractivity contribution in [2.24, 2.45) is 13.0 Å². The second-order valence-electron chi connectivity index (χ2n) is 3.58. The third-order valence-corrected chi connectivity index (χ3v) is 1.88. The Hall–Kier alpha value is -0.980. The molecule has 66 valence electrons. The van der Waals surface area contributed by atoms with Gasteiger partial charge in [0.2, 0.25) is 0 Å². The predicted octanol–water partition coefficient (Wildman–Crippen LogP) is 3.08. The number of hydrogen-bond donors (Lipinski definition) is 0. The van der Waals surface area contributed by atoms with Gasteiger partial charge in [0.15, 0.2) is 0 Å². The minimum atomic E-state index is 0.751. The van der Waals surface area contributed by atoms with Gasteiger partial charge in [0.25, 0.3) is 0 Å². The maximum atomic E-state index is 2.24. The first-order valence-corrected chi connectivity index (χ1v) is 4.48. The van der Waals surface area contributed by atoms with E-state index in [0.29, 0.717) is 0 Å². The zero-order chi connectivity index (χ0) is 8.97. The minimum Gasteiger partial charge on any atom is -0.351 e. The van der Waals surface area contributed by atoms with Crippen molar-refractivity contribution in [2.75, 3.05) is 0 Å². The molecule has 0 radical (unpaired) electrons. The normalized spacial score (nSPS) is 11.7. The van der Waals surface area contributed by atoms with Crippen molar-refractivity contribution in [3.63, 3.8) is 0 Å². The Balaban J connectivity index is 2.52. The Morgan fingerprint density at radius 1 is 1.50 bits per heavy atom. The van der Waals surface area contributed by atoms with E-state index in [-0.39, 0.29) is 0 Å². The third kappa shape index (κ3) is 2.57. The monoisotopic (exact) mass is 163 g/mol. The molecule has 12 heavy (non-hydrogen) atoms. The number of rotatable bonds is 3. The average molecular weight is 163 g/mol. The molecule has 0 aliphatic heterocycles. The molecule has 1 aromatic rings. The van der Waals surface area contributed by atoms with Crippen molar-refractivity contribution in [3.8, 4) is 0 Å². The Morgan fingerprint density at radius 3 is 2.75 bits per heavy atom. The molecule has 1 nitrogen and oxygen atoms in total. The predicted molar refractivity (Wildman–Crippen MR) is 53.9 cm³/mol. The van der Waals surface area contributed by atoms with Gasteiger partial charge in [-0.25, -0.2) is 0 Å². The van der Waals surface area contributed by atoms with Gasteiger partial charge in [-0.1, -0.05) is 19.9 Å². The van der Waals surface area contributed by atoms with Crippen LogP contribution in [0.3, 0.4) is 0 Å². The van der Waals surface area contributed by atoms with Crippen LogP contribution in [0.25, 0.3) is 6.08 Å². The highest BCUT2D eigenvalue weighted by atomic mass is 14.9. The first-order valence-electron chi connectivity index (χ1n) is 4.48. The van der Waals surface area contributed by atoms with Gasteiger partial charge in [-0.15, -0.1) is 0 Å². The summed E-state index contributed by atoms with van der Waals surface area (Å²) in [4.78, 5) is 0. The molecule has 0 N–H and O–H groups in total. The molecule has 0 amide bonds. The highest BCUT2D eigenvalue weighted by Gasteiger charge is 1.91. The third-order valence-electron chi connectivity index (χ3n) is 1.88. The Morgan fingerprint density at radius 2 is 2.25 bits per heavy atom. The van der Waals surface area contributed by atoms with E-state index in [2.05, 4.69) is 55.9 Å². The maximum absolute atomic E-state index is 2.24. The first kappa shape index (κ1) is 9.11. The number of aryl methyl sites for hydroxylation is 1. The lowest BCUT2D eigenvalue weighted by molar-refractivity contribution is 0.665. The minimum absolute atomic E-state index is 0.751. The molecule has 0 aliphatic carbocycles. The quantitative estimate of drug-likeness (QED) is 0.645. The van der Waals surface area contributed by atoms with E-state index in [9.17, 15) is 0 Å². The van der Waals surface area contributed by atoms with Crippen molar-refractivity contribution >= 4 is 6.08 Å². The lowest BCUT2D eigenvalue weighted by atomic mass is 10.1. The van der Waals surface area contributed by atoms with Crippen molar-refractivity contribution in [1.29, 1.82) is 0 Å². The van der Waals surface area contributed by atoms with Crippen molar-refractivity contribution in [3.05, 3.63) is 30.1 Å². The zero-order valence-corrected chi connectivity index (χ0v) is 8.12. The summed E-state index contributed by atoms with van der Waals surface area (Å²) in [6.07, 6.45) is 7.64. The summed E-state index contributed by atoms with van der Waals surface area (Å²) in [7, 11) is 2.06. The summed E-state index contributed by atoms with van der Waals surface area (Å²) in [5.74, 6) is 0.751. The van der Waals surface area contributed by atoms with E-state index in [1.165, 1.54) is 5.69 Å². The van der Waals surface area contributed by atoms with E-state index < -0.39 is 0 Å². The van der Waals surface area contributed by atoms with Gasteiger partial charge in [-0.2, -0.15) is 0 Å². The molecule has 0 saturated carbocycles. The van der Waals surface area contributed by atoms with Gasteiger partial charge >= 0.3 is 0 Å². The van der Waals surface area contributed by atoms with Crippen LogP contribution in [0.15, 0.2) is 24.4 Å². The largest absolute Gasteiger partial charge is 0.351 e. The second-order valence-corrected chi connectivity index (χ2v) is 3.58. The van der Waals surface area contributed by atoms with Crippen molar-refractivity contribution < 1.29 is 0 Å². The van der Waals surface area contributed by atoms with Gasteiger partial charge < -0.3 is 4.57 Å². The van der Waals surface area contributed by atoms with Crippen LogP contribution in [0.4, 0.5) is 0 Å². The smallest absolute Gasteiger partial charge is 0.0400 e. The van der Waals surface area contributed by atoms with E-state index >= 15 is 0 Å². The van der Waals surface area contributed by atoms with Gasteiger partial charge in [-0.05, 0) is 30.5 Å². The lowest BCUT2D eigenvalue weighted by Gasteiger charge is -1.98.